The van der Waals surface area contributed by atoms with Gasteiger partial charge in [-0.05, 0) is 57.8 Å². The van der Waals surface area contributed by atoms with Crippen molar-refractivity contribution in [2.45, 2.75) is 425 Å². The van der Waals surface area contributed by atoms with Crippen LogP contribution >= 0.6 is 0 Å². The third-order valence-corrected chi connectivity index (χ3v) is 17.1. The molecule has 0 aromatic carbocycles. The van der Waals surface area contributed by atoms with Gasteiger partial charge in [-0.3, -0.25) is 14.4 Å². The molecule has 1 unspecified atom stereocenters. The van der Waals surface area contributed by atoms with Crippen LogP contribution in [0.5, 0.6) is 0 Å². The minimum absolute atomic E-state index is 0.0655. The van der Waals surface area contributed by atoms with E-state index >= 15 is 0 Å². The van der Waals surface area contributed by atoms with Crippen LogP contribution in [0.3, 0.4) is 0 Å². The fourth-order valence-corrected chi connectivity index (χ4v) is 11.5. The van der Waals surface area contributed by atoms with Gasteiger partial charge in [0.05, 0.1) is 0 Å². The minimum Gasteiger partial charge on any atom is -0.462 e. The lowest BCUT2D eigenvalue weighted by Crippen LogP contribution is -2.30. The molecule has 1 atom stereocenters. The van der Waals surface area contributed by atoms with Gasteiger partial charge in [0.1, 0.15) is 13.2 Å². The number of hydrogen-bond acceptors (Lipinski definition) is 6. The molecule has 0 radical (unpaired) electrons. The molecular weight excluding hydrogens is 1020 g/mol. The monoisotopic (exact) mass is 1170 g/mol. The van der Waals surface area contributed by atoms with Crippen LogP contribution in [0.2, 0.25) is 0 Å². The van der Waals surface area contributed by atoms with E-state index in [4.69, 9.17) is 14.2 Å². The summed E-state index contributed by atoms with van der Waals surface area (Å²) in [7, 11) is 0. The molecule has 0 fully saturated rings. The van der Waals surface area contributed by atoms with Gasteiger partial charge in [-0.2, -0.15) is 0 Å². The average Bonchev–Trinajstić information content (AvgIpc) is 3.49. The Kier molecular flexibility index (Phi) is 70.0. The highest BCUT2D eigenvalue weighted by atomic mass is 16.6. The molecule has 6 heteroatoms. The highest BCUT2D eigenvalue weighted by molar-refractivity contribution is 5.71. The quantitative estimate of drug-likeness (QED) is 0.0261. The summed E-state index contributed by atoms with van der Waals surface area (Å²) in [6.45, 7) is 6.72. The van der Waals surface area contributed by atoms with Gasteiger partial charge >= 0.3 is 17.9 Å². The van der Waals surface area contributed by atoms with Crippen LogP contribution in [0.25, 0.3) is 0 Å². The molecule has 0 rings (SSSR count). The van der Waals surface area contributed by atoms with Crippen LogP contribution in [0, 0.1) is 0 Å². The largest absolute Gasteiger partial charge is 0.462 e. The highest BCUT2D eigenvalue weighted by Gasteiger charge is 2.20. The summed E-state index contributed by atoms with van der Waals surface area (Å²) in [4.78, 5) is 38.5. The number of allylic oxidation sites excluding steroid dienone is 6. The summed E-state index contributed by atoms with van der Waals surface area (Å²) in [5, 5.41) is 0. The minimum atomic E-state index is -0.770. The molecule has 0 saturated carbocycles. The Morgan fingerprint density at radius 1 is 0.241 bits per heavy atom. The SMILES string of the molecule is CCCCCCC/C=C\C/C=C\C/C=C\CCCCCCCCCCCCCCC(=O)OCC(COC(=O)CCCCCCCCCCCCCCCCCC)OC(=O)CCCCCCCCCCCCCCCCCCCCCCCC. The fourth-order valence-electron chi connectivity index (χ4n) is 11.5. The predicted octanol–water partition coefficient (Wildman–Crippen LogP) is 25.9. The van der Waals surface area contributed by atoms with Gasteiger partial charge in [0.2, 0.25) is 0 Å². The zero-order valence-corrected chi connectivity index (χ0v) is 56.2. The number of unbranched alkanes of at least 4 members (excludes halogenated alkanes) is 53. The first-order valence-corrected chi connectivity index (χ1v) is 37.5. The van der Waals surface area contributed by atoms with E-state index in [1.165, 1.54) is 308 Å². The summed E-state index contributed by atoms with van der Waals surface area (Å²) >= 11 is 0. The van der Waals surface area contributed by atoms with E-state index in [0.29, 0.717) is 19.3 Å². The Hall–Kier alpha value is -2.37. The van der Waals surface area contributed by atoms with Crippen molar-refractivity contribution >= 4 is 17.9 Å². The van der Waals surface area contributed by atoms with Crippen LogP contribution < -0.4 is 0 Å². The zero-order chi connectivity index (χ0) is 59.9. The zero-order valence-electron chi connectivity index (χ0n) is 56.2. The number of esters is 3. The first-order valence-electron chi connectivity index (χ1n) is 37.5. The third kappa shape index (κ3) is 70.3. The van der Waals surface area contributed by atoms with Gasteiger partial charge in [0, 0.05) is 19.3 Å². The molecule has 0 heterocycles. The smallest absolute Gasteiger partial charge is 0.306 e. The van der Waals surface area contributed by atoms with Crippen LogP contribution in [0.1, 0.15) is 419 Å². The van der Waals surface area contributed by atoms with Crippen molar-refractivity contribution in [3.05, 3.63) is 36.5 Å². The van der Waals surface area contributed by atoms with Gasteiger partial charge in [-0.1, -0.05) is 378 Å². The van der Waals surface area contributed by atoms with Crippen molar-refractivity contribution in [3.8, 4) is 0 Å². The van der Waals surface area contributed by atoms with Crippen molar-refractivity contribution in [1.29, 1.82) is 0 Å². The number of ether oxygens (including phenoxy) is 3. The van der Waals surface area contributed by atoms with Gasteiger partial charge < -0.3 is 14.2 Å². The molecule has 0 aromatic heterocycles. The number of carbonyl (C=O) groups excluding carboxylic acids is 3. The molecule has 0 aliphatic heterocycles. The Labute approximate surface area is 518 Å². The molecule has 0 bridgehead atoms. The Morgan fingerprint density at radius 2 is 0.434 bits per heavy atom. The maximum absolute atomic E-state index is 13.0. The molecule has 0 amide bonds. The molecule has 0 aliphatic rings. The molecular formula is C77H144O6. The second-order valence-corrected chi connectivity index (χ2v) is 25.6. The summed E-state index contributed by atoms with van der Waals surface area (Å²) < 4.78 is 17.0. The van der Waals surface area contributed by atoms with Gasteiger partial charge in [-0.15, -0.1) is 0 Å². The van der Waals surface area contributed by atoms with Crippen molar-refractivity contribution in [2.75, 3.05) is 13.2 Å². The van der Waals surface area contributed by atoms with E-state index in [-0.39, 0.29) is 31.1 Å². The Morgan fingerprint density at radius 3 is 0.675 bits per heavy atom. The van der Waals surface area contributed by atoms with Gasteiger partial charge in [0.25, 0.3) is 0 Å². The van der Waals surface area contributed by atoms with Crippen molar-refractivity contribution in [3.63, 3.8) is 0 Å². The molecule has 83 heavy (non-hydrogen) atoms. The molecule has 488 valence electrons. The van der Waals surface area contributed by atoms with E-state index in [1.54, 1.807) is 0 Å². The summed E-state index contributed by atoms with van der Waals surface area (Å²) in [5.74, 6) is -0.832. The highest BCUT2D eigenvalue weighted by Crippen LogP contribution is 2.19. The first-order chi connectivity index (χ1) is 41.0. The lowest BCUT2D eigenvalue weighted by molar-refractivity contribution is -0.167. The van der Waals surface area contributed by atoms with E-state index in [9.17, 15) is 14.4 Å². The van der Waals surface area contributed by atoms with Crippen LogP contribution in [-0.4, -0.2) is 37.2 Å². The lowest BCUT2D eigenvalue weighted by Gasteiger charge is -2.18. The van der Waals surface area contributed by atoms with E-state index in [2.05, 4.69) is 57.2 Å². The maximum Gasteiger partial charge on any atom is 0.306 e. The molecule has 0 aliphatic carbocycles. The van der Waals surface area contributed by atoms with E-state index < -0.39 is 6.10 Å². The van der Waals surface area contributed by atoms with Crippen LogP contribution in [-0.2, 0) is 28.6 Å². The molecule has 6 nitrogen and oxygen atoms in total. The predicted molar refractivity (Wildman–Crippen MR) is 362 cm³/mol. The second kappa shape index (κ2) is 72.1. The molecule has 0 saturated heterocycles. The van der Waals surface area contributed by atoms with Crippen molar-refractivity contribution in [1.82, 2.24) is 0 Å². The van der Waals surface area contributed by atoms with Crippen molar-refractivity contribution in [2.24, 2.45) is 0 Å². The van der Waals surface area contributed by atoms with Crippen LogP contribution in [0.15, 0.2) is 36.5 Å². The van der Waals surface area contributed by atoms with E-state index in [0.717, 1.165) is 70.6 Å². The molecule has 0 aromatic rings. The maximum atomic E-state index is 13.0. The third-order valence-electron chi connectivity index (χ3n) is 17.1. The van der Waals surface area contributed by atoms with Crippen LogP contribution in [0.4, 0.5) is 0 Å². The summed E-state index contributed by atoms with van der Waals surface area (Å²) in [6.07, 6.45) is 90.4. The lowest BCUT2D eigenvalue weighted by atomic mass is 10.0. The van der Waals surface area contributed by atoms with Crippen molar-refractivity contribution < 1.29 is 28.6 Å². The number of rotatable bonds is 70. The van der Waals surface area contributed by atoms with Gasteiger partial charge in [0.15, 0.2) is 6.10 Å². The Balaban J connectivity index is 4.26. The first kappa shape index (κ1) is 80.6. The van der Waals surface area contributed by atoms with Gasteiger partial charge in [-0.25, -0.2) is 0 Å². The average molecular weight is 1170 g/mol. The number of hydrogen-bond donors (Lipinski definition) is 0. The fraction of sp³-hybridized carbons (Fsp3) is 0.883. The normalized spacial score (nSPS) is 12.2. The Bertz CT molecular complexity index is 1380. The summed E-state index contributed by atoms with van der Waals surface area (Å²) in [5.41, 5.74) is 0. The molecule has 0 N–H and O–H groups in total. The van der Waals surface area contributed by atoms with E-state index in [1.807, 2.05) is 0 Å². The number of carbonyl (C=O) groups is 3. The topological polar surface area (TPSA) is 78.9 Å². The second-order valence-electron chi connectivity index (χ2n) is 25.6. The molecule has 0 spiro atoms. The standard InChI is InChI=1S/C77H144O6/c1-4-7-10-13-16-19-22-25-28-31-33-35-37-38-39-40-41-43-44-46-49-52-55-58-61-64-67-70-76(79)82-73-74(72-81-75(78)69-66-63-60-57-54-51-48-30-27-24-21-18-15-12-9-6-3)83-77(80)71-68-65-62-59-56-53-50-47-45-42-36-34-32-29-26-23-20-17-14-11-8-5-2/h22,25,31,33,37-38,74H,4-21,23-24,26-30,32,34-36,39-73H2,1-3H3/b25-22-,33-31-,38-37-. The summed E-state index contributed by atoms with van der Waals surface area (Å²) in [6, 6.07) is 0.